The minimum absolute atomic E-state index is 0.0468. The molecule has 12 heteroatoms. The number of carbonyl (C=O) groups excluding carboxylic acids is 4. The van der Waals surface area contributed by atoms with Crippen molar-refractivity contribution in [3.63, 3.8) is 0 Å². The molecule has 42 heavy (non-hydrogen) atoms. The SMILES string of the molecule is O=C1CCN(C(=O)N[C@@H](Cc2ccccc2)C(=O)NC(=O)[C@@H]2CCCN2[C@H](Cc2ccccc2)[C@@H](O)C(F)(F)F)CC1. The molecule has 0 radical (unpaired) electrons. The van der Waals surface area contributed by atoms with Crippen LogP contribution in [0.2, 0.25) is 0 Å². The van der Waals surface area contributed by atoms with Gasteiger partial charge in [-0.15, -0.1) is 0 Å². The third-order valence-corrected chi connectivity index (χ3v) is 7.76. The van der Waals surface area contributed by atoms with Crippen LogP contribution in [-0.2, 0) is 27.2 Å². The highest BCUT2D eigenvalue weighted by Gasteiger charge is 2.49. The second-order valence-electron chi connectivity index (χ2n) is 10.7. The van der Waals surface area contributed by atoms with Crippen LogP contribution in [0, 0.1) is 0 Å². The van der Waals surface area contributed by atoms with Gasteiger partial charge in [-0.3, -0.25) is 24.6 Å². The lowest BCUT2D eigenvalue weighted by Gasteiger charge is -2.36. The molecule has 0 bridgehead atoms. The zero-order chi connectivity index (χ0) is 30.3. The maximum atomic E-state index is 13.7. The third kappa shape index (κ3) is 8.16. The highest BCUT2D eigenvalue weighted by molar-refractivity contribution is 6.01. The summed E-state index contributed by atoms with van der Waals surface area (Å²) >= 11 is 0. The summed E-state index contributed by atoms with van der Waals surface area (Å²) in [7, 11) is 0. The molecule has 2 aliphatic heterocycles. The highest BCUT2D eigenvalue weighted by Crippen LogP contribution is 2.31. The molecule has 0 unspecified atom stereocenters. The molecule has 2 aromatic carbocycles. The Morgan fingerprint density at radius 2 is 1.48 bits per heavy atom. The minimum Gasteiger partial charge on any atom is -0.382 e. The van der Waals surface area contributed by atoms with Gasteiger partial charge in [-0.25, -0.2) is 4.79 Å². The fraction of sp³-hybridized carbons (Fsp3) is 0.467. The number of nitrogens with one attached hydrogen (secondary N) is 2. The van der Waals surface area contributed by atoms with Gasteiger partial charge in [0, 0.05) is 38.4 Å². The number of aliphatic hydroxyl groups excluding tert-OH is 1. The molecule has 3 N–H and O–H groups in total. The Labute approximate surface area is 242 Å². The molecule has 0 saturated carbocycles. The van der Waals surface area contributed by atoms with Gasteiger partial charge in [0.25, 0.3) is 0 Å². The van der Waals surface area contributed by atoms with Crippen LogP contribution in [0.3, 0.4) is 0 Å². The number of alkyl halides is 3. The van der Waals surface area contributed by atoms with Crippen molar-refractivity contribution in [1.82, 2.24) is 20.4 Å². The van der Waals surface area contributed by atoms with Gasteiger partial charge in [-0.2, -0.15) is 13.2 Å². The fourth-order valence-corrected chi connectivity index (χ4v) is 5.50. The van der Waals surface area contributed by atoms with E-state index in [0.29, 0.717) is 12.0 Å². The number of hydrogen-bond donors (Lipinski definition) is 3. The van der Waals surface area contributed by atoms with E-state index in [0.717, 1.165) is 5.56 Å². The number of likely N-dealkylation sites (tertiary alicyclic amines) is 2. The van der Waals surface area contributed by atoms with E-state index in [1.54, 1.807) is 60.7 Å². The molecule has 4 rings (SSSR count). The van der Waals surface area contributed by atoms with Crippen molar-refractivity contribution < 1.29 is 37.5 Å². The van der Waals surface area contributed by atoms with Crippen LogP contribution in [0.25, 0.3) is 0 Å². The van der Waals surface area contributed by atoms with Crippen molar-refractivity contribution >= 4 is 23.6 Å². The summed E-state index contributed by atoms with van der Waals surface area (Å²) in [5.41, 5.74) is 1.29. The number of halogens is 3. The molecule has 0 spiro atoms. The van der Waals surface area contributed by atoms with Crippen LogP contribution in [0.15, 0.2) is 60.7 Å². The molecule has 2 saturated heterocycles. The number of rotatable bonds is 9. The molecule has 2 aliphatic rings. The second kappa shape index (κ2) is 13.9. The van der Waals surface area contributed by atoms with Gasteiger partial charge in [-0.1, -0.05) is 60.7 Å². The Balaban J connectivity index is 1.49. The first-order valence-electron chi connectivity index (χ1n) is 14.0. The van der Waals surface area contributed by atoms with E-state index in [4.69, 9.17) is 0 Å². The molecule has 9 nitrogen and oxygen atoms in total. The minimum atomic E-state index is -4.91. The topological polar surface area (TPSA) is 119 Å². The summed E-state index contributed by atoms with van der Waals surface area (Å²) in [5.74, 6) is -1.54. The number of Topliss-reactive ketones (excluding diaryl/α,β-unsaturated/α-hetero) is 1. The lowest BCUT2D eigenvalue weighted by Crippen LogP contribution is -2.59. The van der Waals surface area contributed by atoms with Gasteiger partial charge in [0.15, 0.2) is 6.10 Å². The molecule has 2 fully saturated rings. The van der Waals surface area contributed by atoms with E-state index in [2.05, 4.69) is 10.6 Å². The number of ketones is 1. The largest absolute Gasteiger partial charge is 0.415 e. The van der Waals surface area contributed by atoms with Gasteiger partial charge >= 0.3 is 12.2 Å². The average molecular weight is 589 g/mol. The Morgan fingerprint density at radius 1 is 0.905 bits per heavy atom. The quantitative estimate of drug-likeness (QED) is 0.415. The highest BCUT2D eigenvalue weighted by atomic mass is 19.4. The molecule has 0 aliphatic carbocycles. The van der Waals surface area contributed by atoms with Crippen LogP contribution in [0.1, 0.15) is 36.8 Å². The number of piperidine rings is 1. The predicted octanol–water partition coefficient (Wildman–Crippen LogP) is 2.61. The maximum absolute atomic E-state index is 13.7. The van der Waals surface area contributed by atoms with E-state index in [9.17, 15) is 37.5 Å². The number of imide groups is 1. The molecular formula is C30H35F3N4O5. The third-order valence-electron chi connectivity index (χ3n) is 7.76. The standard InChI is InChI=1S/C30H35F3N4O5/c31-30(32,33)26(39)25(19-21-10-5-2-6-11-21)37-15-7-12-24(37)28(41)35-27(40)23(18-20-8-3-1-4-9-20)34-29(42)36-16-13-22(38)14-17-36/h1-6,8-11,23-26,39H,7,12-19H2,(H,34,42)(H,35,40,41)/t23-,24-,25+,26+/m0/s1. The smallest absolute Gasteiger partial charge is 0.382 e. The first-order valence-corrected chi connectivity index (χ1v) is 14.0. The van der Waals surface area contributed by atoms with E-state index >= 15 is 0 Å². The maximum Gasteiger partial charge on any atom is 0.415 e. The summed E-state index contributed by atoms with van der Waals surface area (Å²) in [6.45, 7) is 0.560. The summed E-state index contributed by atoms with van der Waals surface area (Å²) in [6.07, 6.45) is -6.67. The van der Waals surface area contributed by atoms with Crippen molar-refractivity contribution in [2.75, 3.05) is 19.6 Å². The van der Waals surface area contributed by atoms with Crippen LogP contribution in [0.5, 0.6) is 0 Å². The van der Waals surface area contributed by atoms with E-state index in [1.165, 1.54) is 9.80 Å². The van der Waals surface area contributed by atoms with Crippen molar-refractivity contribution in [2.45, 2.75) is 68.9 Å². The number of nitrogens with zero attached hydrogens (tertiary/aromatic N) is 2. The zero-order valence-electron chi connectivity index (χ0n) is 23.1. The zero-order valence-corrected chi connectivity index (χ0v) is 23.1. The number of hydrogen-bond acceptors (Lipinski definition) is 6. The number of amides is 4. The van der Waals surface area contributed by atoms with Gasteiger partial charge in [0.05, 0.1) is 6.04 Å². The second-order valence-corrected chi connectivity index (χ2v) is 10.7. The monoisotopic (exact) mass is 588 g/mol. The first kappa shape index (κ1) is 31.2. The summed E-state index contributed by atoms with van der Waals surface area (Å²) in [5, 5.41) is 15.3. The molecule has 2 heterocycles. The number of urea groups is 1. The number of carbonyl (C=O) groups is 4. The average Bonchev–Trinajstić information content (AvgIpc) is 3.46. The number of aliphatic hydroxyl groups is 1. The molecule has 2 aromatic rings. The Kier molecular flexibility index (Phi) is 10.3. The van der Waals surface area contributed by atoms with Gasteiger partial charge in [-0.05, 0) is 36.9 Å². The lowest BCUT2D eigenvalue weighted by molar-refractivity contribution is -0.222. The summed E-state index contributed by atoms with van der Waals surface area (Å²) < 4.78 is 41.1. The lowest BCUT2D eigenvalue weighted by atomic mass is 9.98. The Bertz CT molecular complexity index is 1230. The van der Waals surface area contributed by atoms with Crippen LogP contribution < -0.4 is 10.6 Å². The molecular weight excluding hydrogens is 553 g/mol. The number of benzene rings is 2. The van der Waals surface area contributed by atoms with Crippen LogP contribution in [0.4, 0.5) is 18.0 Å². The summed E-state index contributed by atoms with van der Waals surface area (Å²) in [4.78, 5) is 54.0. The molecule has 4 amide bonds. The van der Waals surface area contributed by atoms with Crippen molar-refractivity contribution in [1.29, 1.82) is 0 Å². The van der Waals surface area contributed by atoms with E-state index in [-0.39, 0.29) is 57.5 Å². The first-order chi connectivity index (χ1) is 20.0. The van der Waals surface area contributed by atoms with Gasteiger partial charge < -0.3 is 15.3 Å². The van der Waals surface area contributed by atoms with Gasteiger partial charge in [0.2, 0.25) is 11.8 Å². The van der Waals surface area contributed by atoms with Crippen LogP contribution in [-0.4, -0.2) is 88.6 Å². The normalized spacial score (nSPS) is 20.0. The van der Waals surface area contributed by atoms with Crippen LogP contribution >= 0.6 is 0 Å². The van der Waals surface area contributed by atoms with Crippen molar-refractivity contribution in [3.05, 3.63) is 71.8 Å². The Morgan fingerprint density at radius 3 is 2.05 bits per heavy atom. The fourth-order valence-electron chi connectivity index (χ4n) is 5.50. The van der Waals surface area contributed by atoms with Gasteiger partial charge in [0.1, 0.15) is 11.8 Å². The predicted molar refractivity (Wildman–Crippen MR) is 147 cm³/mol. The Hall–Kier alpha value is -3.77. The van der Waals surface area contributed by atoms with E-state index in [1.807, 2.05) is 0 Å². The molecule has 226 valence electrons. The van der Waals surface area contributed by atoms with E-state index < -0.39 is 48.3 Å². The summed E-state index contributed by atoms with van der Waals surface area (Å²) in [6, 6.07) is 13.0. The molecule has 4 atom stereocenters. The molecule has 0 aromatic heterocycles. The van der Waals surface area contributed by atoms with Crippen molar-refractivity contribution in [2.24, 2.45) is 0 Å². The van der Waals surface area contributed by atoms with Crippen molar-refractivity contribution in [3.8, 4) is 0 Å².